The van der Waals surface area contributed by atoms with E-state index in [0.29, 0.717) is 11.7 Å². The van der Waals surface area contributed by atoms with Crippen LogP contribution in [0.25, 0.3) is 0 Å². The summed E-state index contributed by atoms with van der Waals surface area (Å²) in [6.07, 6.45) is 0.909. The molecule has 0 unspecified atom stereocenters. The Bertz CT molecular complexity index is 462. The Morgan fingerprint density at radius 3 is 2.79 bits per heavy atom. The topological polar surface area (TPSA) is 80.5 Å². The number of nitrogens with one attached hydrogen (secondary N) is 1. The van der Waals surface area contributed by atoms with Crippen molar-refractivity contribution in [1.82, 2.24) is 10.3 Å². The molecule has 0 spiro atoms. The zero-order valence-electron chi connectivity index (χ0n) is 11.1. The van der Waals surface area contributed by atoms with E-state index in [1.807, 2.05) is 11.8 Å². The van der Waals surface area contributed by atoms with Crippen LogP contribution < -0.4 is 15.0 Å². The van der Waals surface area contributed by atoms with Crippen LogP contribution >= 0.6 is 0 Å². The number of pyridine rings is 1. The van der Waals surface area contributed by atoms with Gasteiger partial charge >= 0.3 is 5.69 Å². The number of rotatable bonds is 6. The Morgan fingerprint density at radius 1 is 1.58 bits per heavy atom. The summed E-state index contributed by atoms with van der Waals surface area (Å²) in [5.74, 6) is 0.798. The van der Waals surface area contributed by atoms with Crippen molar-refractivity contribution in [3.8, 4) is 5.88 Å². The molecule has 1 aromatic rings. The first-order valence-electron chi connectivity index (χ1n) is 6.34. The molecule has 0 radical (unpaired) electrons. The zero-order chi connectivity index (χ0) is 13.8. The molecule has 1 aliphatic rings. The average Bonchev–Trinajstić information content (AvgIpc) is 2.35. The number of hydrogen-bond donors (Lipinski definition) is 1. The van der Waals surface area contributed by atoms with Crippen LogP contribution in [-0.4, -0.2) is 42.7 Å². The summed E-state index contributed by atoms with van der Waals surface area (Å²) in [6.45, 7) is 4.45. The third kappa shape index (κ3) is 2.76. The van der Waals surface area contributed by atoms with Crippen molar-refractivity contribution < 1.29 is 9.66 Å². The second-order valence-electron chi connectivity index (χ2n) is 4.46. The van der Waals surface area contributed by atoms with E-state index in [9.17, 15) is 10.1 Å². The van der Waals surface area contributed by atoms with Gasteiger partial charge in [-0.2, -0.15) is 4.98 Å². The molecule has 7 heteroatoms. The van der Waals surface area contributed by atoms with Crippen molar-refractivity contribution in [3.05, 3.63) is 22.2 Å². The fourth-order valence-electron chi connectivity index (χ4n) is 2.09. The van der Waals surface area contributed by atoms with Gasteiger partial charge in [0.15, 0.2) is 0 Å². The quantitative estimate of drug-likeness (QED) is 0.615. The lowest BCUT2D eigenvalue weighted by Gasteiger charge is -2.38. The van der Waals surface area contributed by atoms with Crippen molar-refractivity contribution in [2.45, 2.75) is 19.4 Å². The summed E-state index contributed by atoms with van der Waals surface area (Å²) in [5, 5.41) is 14.3. The predicted molar refractivity (Wildman–Crippen MR) is 71.7 cm³/mol. The van der Waals surface area contributed by atoms with Gasteiger partial charge in [0.1, 0.15) is 0 Å². The van der Waals surface area contributed by atoms with Crippen molar-refractivity contribution in [2.75, 3.05) is 31.6 Å². The van der Waals surface area contributed by atoms with Crippen molar-refractivity contribution >= 4 is 11.5 Å². The lowest BCUT2D eigenvalue weighted by Crippen LogP contribution is -2.58. The highest BCUT2D eigenvalue weighted by Gasteiger charge is 2.30. The molecular weight excluding hydrogens is 248 g/mol. The largest absolute Gasteiger partial charge is 0.481 e. The van der Waals surface area contributed by atoms with Crippen molar-refractivity contribution in [1.29, 1.82) is 0 Å². The lowest BCUT2D eigenvalue weighted by molar-refractivity contribution is -0.384. The minimum absolute atomic E-state index is 0.0288. The SMILES string of the molecule is CCCN(c1nc(OC)ccc1[N+](=O)[O-])C1CNC1. The van der Waals surface area contributed by atoms with Crippen LogP contribution in [0, 0.1) is 10.1 Å². The Morgan fingerprint density at radius 2 is 2.32 bits per heavy atom. The molecule has 1 aliphatic heterocycles. The number of ether oxygens (including phenoxy) is 1. The van der Waals surface area contributed by atoms with Crippen LogP contribution in [0.15, 0.2) is 12.1 Å². The average molecular weight is 266 g/mol. The molecule has 1 N–H and O–H groups in total. The van der Waals surface area contributed by atoms with Crippen LogP contribution in [0.2, 0.25) is 0 Å². The van der Waals surface area contributed by atoms with Gasteiger partial charge in [-0.1, -0.05) is 6.92 Å². The second kappa shape index (κ2) is 5.83. The standard InChI is InChI=1S/C12H18N4O3/c1-3-6-15(9-7-13-8-9)12-10(16(17)18)4-5-11(14-12)19-2/h4-5,9,13H,3,6-8H2,1-2H3. The second-order valence-corrected chi connectivity index (χ2v) is 4.46. The predicted octanol–water partition coefficient (Wildman–Crippen LogP) is 1.19. The van der Waals surface area contributed by atoms with Gasteiger partial charge in [-0.05, 0) is 6.42 Å². The van der Waals surface area contributed by atoms with E-state index < -0.39 is 4.92 Å². The fraction of sp³-hybridized carbons (Fsp3) is 0.583. The molecule has 1 fully saturated rings. The molecule has 0 aliphatic carbocycles. The van der Waals surface area contributed by atoms with E-state index in [0.717, 1.165) is 26.1 Å². The Balaban J connectivity index is 2.39. The van der Waals surface area contributed by atoms with Gasteiger partial charge in [0, 0.05) is 31.8 Å². The minimum Gasteiger partial charge on any atom is -0.481 e. The molecule has 7 nitrogen and oxygen atoms in total. The van der Waals surface area contributed by atoms with E-state index in [4.69, 9.17) is 4.74 Å². The van der Waals surface area contributed by atoms with Gasteiger partial charge in [-0.15, -0.1) is 0 Å². The van der Waals surface area contributed by atoms with E-state index in [1.54, 1.807) is 0 Å². The maximum Gasteiger partial charge on any atom is 0.311 e. The van der Waals surface area contributed by atoms with Gasteiger partial charge < -0.3 is 15.0 Å². The van der Waals surface area contributed by atoms with Crippen LogP contribution in [0.1, 0.15) is 13.3 Å². The maximum absolute atomic E-state index is 11.1. The first kappa shape index (κ1) is 13.5. The lowest BCUT2D eigenvalue weighted by atomic mass is 10.1. The summed E-state index contributed by atoms with van der Waals surface area (Å²) < 4.78 is 5.07. The summed E-state index contributed by atoms with van der Waals surface area (Å²) in [6, 6.07) is 3.24. The van der Waals surface area contributed by atoms with Gasteiger partial charge in [0.05, 0.1) is 18.1 Å². The van der Waals surface area contributed by atoms with Gasteiger partial charge in [-0.25, -0.2) is 0 Å². The van der Waals surface area contributed by atoms with Crippen LogP contribution in [0.3, 0.4) is 0 Å². The number of methoxy groups -OCH3 is 1. The van der Waals surface area contributed by atoms with Gasteiger partial charge in [-0.3, -0.25) is 10.1 Å². The van der Waals surface area contributed by atoms with Gasteiger partial charge in [0.2, 0.25) is 11.7 Å². The number of nitrogens with zero attached hydrogens (tertiary/aromatic N) is 3. The molecule has 0 aromatic carbocycles. The first-order chi connectivity index (χ1) is 9.17. The number of hydrogen-bond acceptors (Lipinski definition) is 6. The molecule has 2 rings (SSSR count). The number of nitro groups is 1. The zero-order valence-corrected chi connectivity index (χ0v) is 11.1. The van der Waals surface area contributed by atoms with E-state index in [-0.39, 0.29) is 11.7 Å². The summed E-state index contributed by atoms with van der Waals surface area (Å²) >= 11 is 0. The van der Waals surface area contributed by atoms with Crippen LogP contribution in [0.4, 0.5) is 11.5 Å². The van der Waals surface area contributed by atoms with E-state index >= 15 is 0 Å². The highest BCUT2D eigenvalue weighted by atomic mass is 16.6. The maximum atomic E-state index is 11.1. The normalized spacial score (nSPS) is 14.8. The molecule has 2 heterocycles. The minimum atomic E-state index is -0.392. The molecule has 0 saturated carbocycles. The smallest absolute Gasteiger partial charge is 0.311 e. The Hall–Kier alpha value is -1.89. The summed E-state index contributed by atoms with van der Waals surface area (Å²) in [4.78, 5) is 17.0. The molecular formula is C12H18N4O3. The third-order valence-corrected chi connectivity index (χ3v) is 3.17. The Kier molecular flexibility index (Phi) is 4.16. The molecule has 1 saturated heterocycles. The monoisotopic (exact) mass is 266 g/mol. The molecule has 19 heavy (non-hydrogen) atoms. The molecule has 1 aromatic heterocycles. The van der Waals surface area contributed by atoms with Crippen molar-refractivity contribution in [3.63, 3.8) is 0 Å². The van der Waals surface area contributed by atoms with E-state index in [1.165, 1.54) is 19.2 Å². The summed E-state index contributed by atoms with van der Waals surface area (Å²) in [5.41, 5.74) is 0.0288. The highest BCUT2D eigenvalue weighted by molar-refractivity contribution is 5.60. The van der Waals surface area contributed by atoms with Crippen LogP contribution in [0.5, 0.6) is 5.88 Å². The highest BCUT2D eigenvalue weighted by Crippen LogP contribution is 2.30. The van der Waals surface area contributed by atoms with Crippen molar-refractivity contribution in [2.24, 2.45) is 0 Å². The Labute approximate surface area is 111 Å². The van der Waals surface area contributed by atoms with E-state index in [2.05, 4.69) is 10.3 Å². The molecule has 104 valence electrons. The summed E-state index contributed by atoms with van der Waals surface area (Å²) in [7, 11) is 1.51. The number of aromatic nitrogens is 1. The van der Waals surface area contributed by atoms with Crippen LogP contribution in [-0.2, 0) is 0 Å². The fourth-order valence-corrected chi connectivity index (χ4v) is 2.09. The molecule has 0 bridgehead atoms. The molecule has 0 atom stereocenters. The molecule has 0 amide bonds. The third-order valence-electron chi connectivity index (χ3n) is 3.17. The number of anilines is 1. The van der Waals surface area contributed by atoms with Gasteiger partial charge in [0.25, 0.3) is 0 Å². The first-order valence-corrected chi connectivity index (χ1v) is 6.34.